The fourth-order valence-corrected chi connectivity index (χ4v) is 3.53. The normalized spacial score (nSPS) is 10.7. The predicted octanol–water partition coefficient (Wildman–Crippen LogP) is 4.85. The Kier molecular flexibility index (Phi) is 6.38. The fourth-order valence-electron chi connectivity index (χ4n) is 3.53. The van der Waals surface area contributed by atoms with Crippen LogP contribution in [0.4, 0.5) is 0 Å². The zero-order valence-corrected chi connectivity index (χ0v) is 18.2. The predicted molar refractivity (Wildman–Crippen MR) is 126 cm³/mol. The first-order valence-electron chi connectivity index (χ1n) is 10.5. The van der Waals surface area contributed by atoms with E-state index in [1.165, 1.54) is 0 Å². The maximum Gasteiger partial charge on any atom is 0.251 e. The molecule has 2 N–H and O–H groups in total. The maximum atomic E-state index is 13.1. The number of aryl methyl sites for hydroxylation is 2. The van der Waals surface area contributed by atoms with E-state index in [4.69, 9.17) is 0 Å². The smallest absolute Gasteiger partial charge is 0.251 e. The third-order valence-electron chi connectivity index (χ3n) is 5.33. The van der Waals surface area contributed by atoms with E-state index in [0.29, 0.717) is 12.1 Å². The third kappa shape index (κ3) is 4.90. The first kappa shape index (κ1) is 21.4. The summed E-state index contributed by atoms with van der Waals surface area (Å²) in [5.74, 6) is -0.178. The molecule has 0 saturated heterocycles. The molecule has 5 heteroatoms. The van der Waals surface area contributed by atoms with E-state index in [0.717, 1.165) is 44.8 Å². The van der Waals surface area contributed by atoms with Crippen LogP contribution >= 0.6 is 0 Å². The summed E-state index contributed by atoms with van der Waals surface area (Å²) in [7, 11) is 0. The summed E-state index contributed by atoms with van der Waals surface area (Å²) >= 11 is 0. The van der Waals surface area contributed by atoms with Crippen molar-refractivity contribution in [2.24, 2.45) is 0 Å². The van der Waals surface area contributed by atoms with Crippen LogP contribution in [0.15, 0.2) is 79.1 Å². The number of nitrogens with one attached hydrogen (secondary N) is 1. The zero-order chi connectivity index (χ0) is 22.5. The SMILES string of the molecule is Cc1ccc(-c2cc(C(=O)NCc3ccc(C)nc3)cc(-c3ccccc3CO)c2)nc1. The Hall–Kier alpha value is -3.83. The number of aliphatic hydroxyl groups excluding tert-OH is 1. The highest BCUT2D eigenvalue weighted by Gasteiger charge is 2.13. The second-order valence-corrected chi connectivity index (χ2v) is 7.83. The van der Waals surface area contributed by atoms with Gasteiger partial charge in [0, 0.05) is 35.8 Å². The number of aliphatic hydroxyl groups is 1. The molecule has 0 aliphatic carbocycles. The molecule has 0 saturated carbocycles. The first-order chi connectivity index (χ1) is 15.5. The molecule has 0 aliphatic heterocycles. The number of rotatable bonds is 6. The van der Waals surface area contributed by atoms with E-state index in [9.17, 15) is 9.90 Å². The Morgan fingerprint density at radius 2 is 1.72 bits per heavy atom. The van der Waals surface area contributed by atoms with Crippen molar-refractivity contribution in [1.29, 1.82) is 0 Å². The van der Waals surface area contributed by atoms with Gasteiger partial charge in [0.2, 0.25) is 0 Å². The van der Waals surface area contributed by atoms with Gasteiger partial charge in [0.25, 0.3) is 5.91 Å². The van der Waals surface area contributed by atoms with E-state index in [1.54, 1.807) is 6.20 Å². The molecular weight excluding hydrogens is 398 g/mol. The van der Waals surface area contributed by atoms with E-state index in [-0.39, 0.29) is 12.5 Å². The Labute approximate surface area is 187 Å². The van der Waals surface area contributed by atoms with E-state index in [1.807, 2.05) is 86.8 Å². The Balaban J connectivity index is 1.71. The molecule has 4 aromatic rings. The van der Waals surface area contributed by atoms with Crippen molar-refractivity contribution < 1.29 is 9.90 Å². The monoisotopic (exact) mass is 423 g/mol. The van der Waals surface area contributed by atoms with Gasteiger partial charge in [-0.2, -0.15) is 0 Å². The highest BCUT2D eigenvalue weighted by atomic mass is 16.3. The van der Waals surface area contributed by atoms with Crippen molar-refractivity contribution in [3.63, 3.8) is 0 Å². The molecule has 0 unspecified atom stereocenters. The van der Waals surface area contributed by atoms with Crippen molar-refractivity contribution in [3.8, 4) is 22.4 Å². The van der Waals surface area contributed by atoms with Crippen molar-refractivity contribution in [2.75, 3.05) is 0 Å². The second kappa shape index (κ2) is 9.54. The van der Waals surface area contributed by atoms with Crippen LogP contribution in [-0.2, 0) is 13.2 Å². The summed E-state index contributed by atoms with van der Waals surface area (Å²) in [6.45, 7) is 4.23. The maximum absolute atomic E-state index is 13.1. The number of hydrogen-bond acceptors (Lipinski definition) is 4. The van der Waals surface area contributed by atoms with Gasteiger partial charge in [0.15, 0.2) is 0 Å². The number of aromatic nitrogens is 2. The first-order valence-corrected chi connectivity index (χ1v) is 10.5. The lowest BCUT2D eigenvalue weighted by Gasteiger charge is -2.13. The van der Waals surface area contributed by atoms with Gasteiger partial charge in [-0.1, -0.05) is 36.4 Å². The minimum atomic E-state index is -0.178. The van der Waals surface area contributed by atoms with Crippen molar-refractivity contribution in [3.05, 3.63) is 107 Å². The number of amides is 1. The molecule has 0 bridgehead atoms. The van der Waals surface area contributed by atoms with E-state index >= 15 is 0 Å². The van der Waals surface area contributed by atoms with Gasteiger partial charge >= 0.3 is 0 Å². The molecule has 0 spiro atoms. The molecule has 0 fully saturated rings. The van der Waals surface area contributed by atoms with Crippen LogP contribution in [0.1, 0.15) is 32.7 Å². The molecule has 2 aromatic heterocycles. The average Bonchev–Trinajstić information content (AvgIpc) is 2.83. The second-order valence-electron chi connectivity index (χ2n) is 7.83. The summed E-state index contributed by atoms with van der Waals surface area (Å²) in [4.78, 5) is 21.9. The van der Waals surface area contributed by atoms with Crippen LogP contribution in [0, 0.1) is 13.8 Å². The van der Waals surface area contributed by atoms with Crippen LogP contribution in [0.2, 0.25) is 0 Å². The minimum Gasteiger partial charge on any atom is -0.392 e. The van der Waals surface area contributed by atoms with Crippen LogP contribution < -0.4 is 5.32 Å². The lowest BCUT2D eigenvalue weighted by atomic mass is 9.94. The van der Waals surface area contributed by atoms with Crippen LogP contribution in [0.5, 0.6) is 0 Å². The summed E-state index contributed by atoms with van der Waals surface area (Å²) in [5.41, 5.74) is 7.66. The lowest BCUT2D eigenvalue weighted by Crippen LogP contribution is -2.23. The molecule has 32 heavy (non-hydrogen) atoms. The molecular formula is C27H25N3O2. The van der Waals surface area contributed by atoms with Gasteiger partial charge in [-0.25, -0.2) is 0 Å². The molecule has 160 valence electrons. The van der Waals surface area contributed by atoms with Gasteiger partial charge in [0.05, 0.1) is 12.3 Å². The van der Waals surface area contributed by atoms with Crippen molar-refractivity contribution in [2.45, 2.75) is 27.0 Å². The largest absolute Gasteiger partial charge is 0.392 e. The van der Waals surface area contributed by atoms with Gasteiger partial charge in [-0.3, -0.25) is 14.8 Å². The Morgan fingerprint density at radius 3 is 2.44 bits per heavy atom. The molecule has 2 heterocycles. The van der Waals surface area contributed by atoms with Gasteiger partial charge < -0.3 is 10.4 Å². The minimum absolute atomic E-state index is 0.0782. The quantitative estimate of drug-likeness (QED) is 0.465. The molecule has 0 aliphatic rings. The number of carbonyl (C=O) groups excluding carboxylic acids is 1. The molecule has 5 nitrogen and oxygen atoms in total. The number of hydrogen-bond donors (Lipinski definition) is 2. The summed E-state index contributed by atoms with van der Waals surface area (Å²) in [6, 6.07) is 21.2. The van der Waals surface area contributed by atoms with Crippen LogP contribution in [0.25, 0.3) is 22.4 Å². The van der Waals surface area contributed by atoms with Gasteiger partial charge in [-0.15, -0.1) is 0 Å². The van der Waals surface area contributed by atoms with Gasteiger partial charge in [0.1, 0.15) is 0 Å². The molecule has 0 radical (unpaired) electrons. The van der Waals surface area contributed by atoms with E-state index in [2.05, 4.69) is 15.3 Å². The summed E-state index contributed by atoms with van der Waals surface area (Å²) < 4.78 is 0. The standard InChI is InChI=1S/C27H25N3O2/c1-18-7-10-26(29-14-18)23-11-22(25-6-4-3-5-21(25)17-31)12-24(13-23)27(32)30-16-20-9-8-19(2)28-15-20/h3-15,31H,16-17H2,1-2H3,(H,30,32). The molecule has 4 rings (SSSR count). The lowest BCUT2D eigenvalue weighted by molar-refractivity contribution is 0.0951. The van der Waals surface area contributed by atoms with E-state index < -0.39 is 0 Å². The number of benzene rings is 2. The Morgan fingerprint density at radius 1 is 0.906 bits per heavy atom. The summed E-state index contributed by atoms with van der Waals surface area (Å²) in [5, 5.41) is 12.8. The van der Waals surface area contributed by atoms with Gasteiger partial charge in [-0.05, 0) is 72.0 Å². The molecule has 1 amide bonds. The zero-order valence-electron chi connectivity index (χ0n) is 18.2. The molecule has 0 atom stereocenters. The number of pyridine rings is 2. The highest BCUT2D eigenvalue weighted by molar-refractivity contribution is 5.97. The fraction of sp³-hybridized carbons (Fsp3) is 0.148. The van der Waals surface area contributed by atoms with Crippen LogP contribution in [0.3, 0.4) is 0 Å². The highest BCUT2D eigenvalue weighted by Crippen LogP contribution is 2.30. The third-order valence-corrected chi connectivity index (χ3v) is 5.33. The number of nitrogens with zero attached hydrogens (tertiary/aromatic N) is 2. The van der Waals surface area contributed by atoms with Crippen molar-refractivity contribution >= 4 is 5.91 Å². The topological polar surface area (TPSA) is 75.1 Å². The number of carbonyl (C=O) groups is 1. The van der Waals surface area contributed by atoms with Crippen LogP contribution in [-0.4, -0.2) is 21.0 Å². The average molecular weight is 424 g/mol. The Bertz CT molecular complexity index is 1230. The summed E-state index contributed by atoms with van der Waals surface area (Å²) in [6.07, 6.45) is 3.58. The molecule has 2 aromatic carbocycles. The van der Waals surface area contributed by atoms with Crippen molar-refractivity contribution in [1.82, 2.24) is 15.3 Å².